The van der Waals surface area contributed by atoms with Crippen molar-refractivity contribution in [2.75, 3.05) is 0 Å². The molecule has 0 unspecified atom stereocenters. The summed E-state index contributed by atoms with van der Waals surface area (Å²) < 4.78 is 4.90. The second-order valence-electron chi connectivity index (χ2n) is 2.79. The quantitative estimate of drug-likeness (QED) is 0.335. The van der Waals surface area contributed by atoms with Crippen molar-refractivity contribution in [3.8, 4) is 0 Å². The van der Waals surface area contributed by atoms with Gasteiger partial charge in [-0.25, -0.2) is 0 Å². The van der Waals surface area contributed by atoms with Crippen molar-refractivity contribution in [1.82, 2.24) is 0 Å². The summed E-state index contributed by atoms with van der Waals surface area (Å²) in [5, 5.41) is 21.8. The highest BCUT2D eigenvalue weighted by molar-refractivity contribution is 4.85. The van der Waals surface area contributed by atoms with Crippen LogP contribution in [0.4, 0.5) is 0 Å². The summed E-state index contributed by atoms with van der Waals surface area (Å²) in [6, 6.07) is -0.589. The van der Waals surface area contributed by atoms with Gasteiger partial charge in [0.2, 0.25) is 0 Å². The molecule has 0 amide bonds. The van der Waals surface area contributed by atoms with E-state index in [0.717, 1.165) is 0 Å². The smallest absolute Gasteiger partial charge is 0.155 e. The predicted octanol–water partition coefficient (Wildman–Crippen LogP) is 0.153. The van der Waals surface area contributed by atoms with Gasteiger partial charge in [0.25, 0.3) is 0 Å². The zero-order valence-electron chi connectivity index (χ0n) is 6.66. The van der Waals surface area contributed by atoms with Crippen LogP contribution in [-0.4, -0.2) is 34.8 Å². The lowest BCUT2D eigenvalue weighted by Crippen LogP contribution is -2.45. The first-order valence-corrected chi connectivity index (χ1v) is 3.71. The highest BCUT2D eigenvalue weighted by Gasteiger charge is 2.33. The molecule has 4 atom stereocenters. The molecule has 1 aliphatic heterocycles. The zero-order valence-corrected chi connectivity index (χ0v) is 6.66. The van der Waals surface area contributed by atoms with Crippen molar-refractivity contribution in [3.05, 3.63) is 10.4 Å². The van der Waals surface area contributed by atoms with Gasteiger partial charge in [-0.3, -0.25) is 0 Å². The maximum absolute atomic E-state index is 9.39. The Morgan fingerprint density at radius 1 is 1.58 bits per heavy atom. The highest BCUT2D eigenvalue weighted by atomic mass is 16.6. The molecule has 6 heteroatoms. The monoisotopic (exact) mass is 173 g/mol. The van der Waals surface area contributed by atoms with Gasteiger partial charge in [0.15, 0.2) is 6.29 Å². The minimum Gasteiger partial charge on any atom is -0.390 e. The van der Waals surface area contributed by atoms with Crippen molar-refractivity contribution in [1.29, 1.82) is 0 Å². The SMILES string of the molecule is C[C@@H]1O[C@H](O)C[C@@H](N=[N+]=[N-])[C@H]1O. The van der Waals surface area contributed by atoms with Crippen LogP contribution in [0.15, 0.2) is 5.11 Å². The van der Waals surface area contributed by atoms with E-state index < -0.39 is 24.5 Å². The van der Waals surface area contributed by atoms with Crippen molar-refractivity contribution in [3.63, 3.8) is 0 Å². The normalized spacial score (nSPS) is 41.9. The van der Waals surface area contributed by atoms with Gasteiger partial charge in [-0.05, 0) is 12.5 Å². The zero-order chi connectivity index (χ0) is 9.14. The molecule has 0 aliphatic carbocycles. The first kappa shape index (κ1) is 9.28. The number of hydrogen-bond acceptors (Lipinski definition) is 4. The standard InChI is InChI=1S/C6H11N3O3/c1-3-6(11)4(8-9-7)2-5(10)12-3/h3-6,10-11H,2H2,1H3/t3-,4+,5-,6-/m0/s1. The van der Waals surface area contributed by atoms with E-state index in [1.165, 1.54) is 0 Å². The third kappa shape index (κ3) is 1.86. The van der Waals surface area contributed by atoms with Crippen LogP contribution in [0.1, 0.15) is 13.3 Å². The van der Waals surface area contributed by atoms with E-state index in [4.69, 9.17) is 15.4 Å². The second kappa shape index (κ2) is 3.73. The average Bonchev–Trinajstić information content (AvgIpc) is 2.00. The topological polar surface area (TPSA) is 98.5 Å². The van der Waals surface area contributed by atoms with Crippen LogP contribution in [-0.2, 0) is 4.74 Å². The van der Waals surface area contributed by atoms with Crippen molar-refractivity contribution in [2.45, 2.75) is 37.9 Å². The van der Waals surface area contributed by atoms with Gasteiger partial charge in [-0.2, -0.15) is 0 Å². The molecule has 0 spiro atoms. The highest BCUT2D eigenvalue weighted by Crippen LogP contribution is 2.21. The molecule has 1 saturated heterocycles. The van der Waals surface area contributed by atoms with Crippen LogP contribution in [0.25, 0.3) is 10.4 Å². The molecule has 1 heterocycles. The summed E-state index contributed by atoms with van der Waals surface area (Å²) in [5.74, 6) is 0. The number of nitrogens with zero attached hydrogens (tertiary/aromatic N) is 3. The van der Waals surface area contributed by atoms with E-state index in [0.29, 0.717) is 0 Å². The van der Waals surface area contributed by atoms with Crippen LogP contribution in [0.5, 0.6) is 0 Å². The Labute approximate surface area is 69.4 Å². The molecule has 0 aromatic heterocycles. The Bertz CT molecular complexity index is 204. The van der Waals surface area contributed by atoms with Gasteiger partial charge in [0.05, 0.1) is 18.2 Å². The lowest BCUT2D eigenvalue weighted by molar-refractivity contribution is -0.198. The number of aliphatic hydroxyl groups excluding tert-OH is 2. The average molecular weight is 173 g/mol. The number of azide groups is 1. The Hall–Kier alpha value is -0.810. The molecule has 0 aromatic carbocycles. The Balaban J connectivity index is 2.65. The lowest BCUT2D eigenvalue weighted by atomic mass is 10.0. The summed E-state index contributed by atoms with van der Waals surface area (Å²) in [6.45, 7) is 1.62. The third-order valence-corrected chi connectivity index (χ3v) is 1.89. The Morgan fingerprint density at radius 3 is 2.83 bits per heavy atom. The number of rotatable bonds is 1. The molecule has 1 aliphatic rings. The lowest BCUT2D eigenvalue weighted by Gasteiger charge is -2.33. The Morgan fingerprint density at radius 2 is 2.25 bits per heavy atom. The molecule has 12 heavy (non-hydrogen) atoms. The summed E-state index contributed by atoms with van der Waals surface area (Å²) in [4.78, 5) is 2.58. The first-order valence-electron chi connectivity index (χ1n) is 3.71. The molecule has 0 aromatic rings. The van der Waals surface area contributed by atoms with Crippen LogP contribution < -0.4 is 0 Å². The molecule has 68 valence electrons. The minimum absolute atomic E-state index is 0.148. The van der Waals surface area contributed by atoms with Gasteiger partial charge in [0.1, 0.15) is 0 Å². The van der Waals surface area contributed by atoms with E-state index >= 15 is 0 Å². The van der Waals surface area contributed by atoms with E-state index in [1.807, 2.05) is 0 Å². The molecule has 0 bridgehead atoms. The van der Waals surface area contributed by atoms with Crippen LogP contribution in [0, 0.1) is 0 Å². The van der Waals surface area contributed by atoms with E-state index in [2.05, 4.69) is 10.0 Å². The largest absolute Gasteiger partial charge is 0.390 e. The van der Waals surface area contributed by atoms with Gasteiger partial charge in [0, 0.05) is 11.3 Å². The third-order valence-electron chi connectivity index (χ3n) is 1.89. The minimum atomic E-state index is -0.945. The Kier molecular flexibility index (Phi) is 2.88. The number of aliphatic hydroxyl groups is 2. The van der Waals surface area contributed by atoms with Crippen molar-refractivity contribution < 1.29 is 14.9 Å². The summed E-state index contributed by atoms with van der Waals surface area (Å²) in [6.07, 6.45) is -2.12. The molecule has 1 rings (SSSR count). The van der Waals surface area contributed by atoms with Gasteiger partial charge < -0.3 is 14.9 Å². The van der Waals surface area contributed by atoms with Crippen molar-refractivity contribution >= 4 is 0 Å². The van der Waals surface area contributed by atoms with Crippen LogP contribution >= 0.6 is 0 Å². The molecule has 2 N–H and O–H groups in total. The van der Waals surface area contributed by atoms with Gasteiger partial charge in [-0.15, -0.1) is 0 Å². The maximum Gasteiger partial charge on any atom is 0.155 e. The molecule has 6 nitrogen and oxygen atoms in total. The molecular formula is C6H11N3O3. The van der Waals surface area contributed by atoms with E-state index in [9.17, 15) is 5.11 Å². The first-order chi connectivity index (χ1) is 5.65. The summed E-state index contributed by atoms with van der Waals surface area (Å²) in [7, 11) is 0. The summed E-state index contributed by atoms with van der Waals surface area (Å²) in [5.41, 5.74) is 8.13. The van der Waals surface area contributed by atoms with Gasteiger partial charge in [-0.1, -0.05) is 5.11 Å². The maximum atomic E-state index is 9.39. The fourth-order valence-electron chi connectivity index (χ4n) is 1.22. The number of ether oxygens (including phenoxy) is 1. The van der Waals surface area contributed by atoms with Crippen molar-refractivity contribution in [2.24, 2.45) is 5.11 Å². The van der Waals surface area contributed by atoms with Gasteiger partial charge >= 0.3 is 0 Å². The molecule has 1 fully saturated rings. The van der Waals surface area contributed by atoms with E-state index in [-0.39, 0.29) is 6.42 Å². The number of hydrogen-bond donors (Lipinski definition) is 2. The summed E-state index contributed by atoms with van der Waals surface area (Å²) >= 11 is 0. The van der Waals surface area contributed by atoms with Crippen LogP contribution in [0.2, 0.25) is 0 Å². The molecular weight excluding hydrogens is 162 g/mol. The molecule has 0 saturated carbocycles. The fraction of sp³-hybridized carbons (Fsp3) is 1.00. The fourth-order valence-corrected chi connectivity index (χ4v) is 1.22. The van der Waals surface area contributed by atoms with Crippen LogP contribution in [0.3, 0.4) is 0 Å². The van der Waals surface area contributed by atoms with E-state index in [1.54, 1.807) is 6.92 Å². The predicted molar refractivity (Wildman–Crippen MR) is 40.1 cm³/mol. The molecule has 0 radical (unpaired) electrons. The second-order valence-corrected chi connectivity index (χ2v) is 2.79.